The normalized spacial score (nSPS) is 15.5. The third-order valence-corrected chi connectivity index (χ3v) is 4.85. The molecule has 0 unspecified atom stereocenters. The van der Waals surface area contributed by atoms with Crippen LogP contribution in [0.25, 0.3) is 0 Å². The Labute approximate surface area is 132 Å². The van der Waals surface area contributed by atoms with Gasteiger partial charge in [0.15, 0.2) is 0 Å². The molecule has 0 atom stereocenters. The zero-order chi connectivity index (χ0) is 15.4. The van der Waals surface area contributed by atoms with Crippen LogP contribution >= 0.6 is 11.3 Å². The number of rotatable bonds is 4. The molecule has 2 heterocycles. The zero-order valence-electron chi connectivity index (χ0n) is 12.1. The molecule has 0 radical (unpaired) electrons. The first-order chi connectivity index (χ1) is 10.8. The number of carbonyl (C=O) groups excluding carboxylic acids is 1. The minimum absolute atomic E-state index is 0.0550. The molecule has 114 valence electrons. The van der Waals surface area contributed by atoms with Gasteiger partial charge in [0, 0.05) is 24.3 Å². The van der Waals surface area contributed by atoms with Crippen molar-refractivity contribution in [2.75, 3.05) is 6.54 Å². The molecule has 0 spiro atoms. The maximum atomic E-state index is 12.3. The first kappa shape index (κ1) is 14.7. The third-order valence-electron chi connectivity index (χ3n) is 3.78. The van der Waals surface area contributed by atoms with Crippen molar-refractivity contribution in [3.8, 4) is 0 Å². The summed E-state index contributed by atoms with van der Waals surface area (Å²) in [4.78, 5) is 17.4. The lowest BCUT2D eigenvalue weighted by Gasteiger charge is -2.14. The van der Waals surface area contributed by atoms with Crippen molar-refractivity contribution in [2.24, 2.45) is 5.16 Å². The Bertz CT molecular complexity index is 695. The van der Waals surface area contributed by atoms with E-state index in [1.165, 1.54) is 11.3 Å². The second-order valence-electron chi connectivity index (χ2n) is 5.22. The Balaban J connectivity index is 1.65. The van der Waals surface area contributed by atoms with Crippen LogP contribution in [0.4, 0.5) is 0 Å². The zero-order valence-corrected chi connectivity index (χ0v) is 12.9. The average Bonchev–Trinajstić information content (AvgIpc) is 3.00. The Morgan fingerprint density at radius 3 is 3.14 bits per heavy atom. The summed E-state index contributed by atoms with van der Waals surface area (Å²) in [6.45, 7) is 0.579. The number of thiophene rings is 1. The fraction of sp³-hybridized carbons (Fsp3) is 0.312. The molecule has 2 aromatic heterocycles. The summed E-state index contributed by atoms with van der Waals surface area (Å²) in [7, 11) is 0. The van der Waals surface area contributed by atoms with Crippen molar-refractivity contribution < 1.29 is 10.0 Å². The van der Waals surface area contributed by atoms with E-state index in [0.29, 0.717) is 17.8 Å². The Hall–Kier alpha value is -2.21. The quantitative estimate of drug-likeness (QED) is 0.673. The van der Waals surface area contributed by atoms with Gasteiger partial charge in [0.2, 0.25) is 0 Å². The van der Waals surface area contributed by atoms with E-state index >= 15 is 0 Å². The van der Waals surface area contributed by atoms with Crippen LogP contribution < -0.4 is 5.32 Å². The van der Waals surface area contributed by atoms with Crippen molar-refractivity contribution in [1.29, 1.82) is 0 Å². The van der Waals surface area contributed by atoms with Crippen LogP contribution in [0.2, 0.25) is 0 Å². The van der Waals surface area contributed by atoms with Crippen LogP contribution in [0.15, 0.2) is 35.1 Å². The molecular formula is C16H17N3O2S. The number of oxime groups is 1. The van der Waals surface area contributed by atoms with E-state index in [-0.39, 0.29) is 5.91 Å². The molecule has 2 N–H and O–H groups in total. The van der Waals surface area contributed by atoms with Gasteiger partial charge in [-0.15, -0.1) is 11.3 Å². The molecule has 0 fully saturated rings. The number of fused-ring (bicyclic) bond motifs is 1. The summed E-state index contributed by atoms with van der Waals surface area (Å²) in [6.07, 6.45) is 6.85. The highest BCUT2D eigenvalue weighted by Crippen LogP contribution is 2.30. The Morgan fingerprint density at radius 2 is 2.36 bits per heavy atom. The predicted molar refractivity (Wildman–Crippen MR) is 85.9 cm³/mol. The molecule has 3 rings (SSSR count). The lowest BCUT2D eigenvalue weighted by atomic mass is 9.94. The highest BCUT2D eigenvalue weighted by Gasteiger charge is 2.24. The van der Waals surface area contributed by atoms with Gasteiger partial charge in [-0.3, -0.25) is 9.78 Å². The first-order valence-electron chi connectivity index (χ1n) is 7.28. The fourth-order valence-corrected chi connectivity index (χ4v) is 3.78. The second kappa shape index (κ2) is 6.70. The van der Waals surface area contributed by atoms with E-state index in [9.17, 15) is 4.79 Å². The smallest absolute Gasteiger partial charge is 0.252 e. The van der Waals surface area contributed by atoms with E-state index in [1.54, 1.807) is 6.20 Å². The van der Waals surface area contributed by atoms with Crippen LogP contribution in [0, 0.1) is 0 Å². The number of nitrogens with one attached hydrogen (secondary N) is 1. The second-order valence-corrected chi connectivity index (χ2v) is 6.10. The standard InChI is InChI=1S/C16H17N3O2S/c20-16(18-8-6-11-3-2-7-17-9-11)13-10-22-15-12(13)4-1-5-14(15)19-21/h2-3,7,9-10,21H,1,4-6,8H2,(H,18,20)/b19-14-. The van der Waals surface area contributed by atoms with Gasteiger partial charge in [-0.05, 0) is 42.9 Å². The number of carbonyl (C=O) groups is 1. The van der Waals surface area contributed by atoms with Gasteiger partial charge in [-0.1, -0.05) is 11.2 Å². The highest BCUT2D eigenvalue weighted by molar-refractivity contribution is 7.12. The van der Waals surface area contributed by atoms with Gasteiger partial charge < -0.3 is 10.5 Å². The highest BCUT2D eigenvalue weighted by atomic mass is 32.1. The molecule has 1 amide bonds. The lowest BCUT2D eigenvalue weighted by Crippen LogP contribution is -2.26. The molecule has 6 heteroatoms. The molecule has 0 saturated heterocycles. The van der Waals surface area contributed by atoms with Crippen molar-refractivity contribution in [3.63, 3.8) is 0 Å². The Morgan fingerprint density at radius 1 is 1.45 bits per heavy atom. The maximum Gasteiger partial charge on any atom is 0.252 e. The molecule has 0 aromatic carbocycles. The maximum absolute atomic E-state index is 12.3. The number of nitrogens with zero attached hydrogens (tertiary/aromatic N) is 2. The van der Waals surface area contributed by atoms with Gasteiger partial charge in [0.1, 0.15) is 0 Å². The van der Waals surface area contributed by atoms with Gasteiger partial charge in [-0.25, -0.2) is 0 Å². The van der Waals surface area contributed by atoms with Gasteiger partial charge in [0.05, 0.1) is 16.2 Å². The van der Waals surface area contributed by atoms with E-state index < -0.39 is 0 Å². The van der Waals surface area contributed by atoms with Crippen molar-refractivity contribution in [1.82, 2.24) is 10.3 Å². The lowest BCUT2D eigenvalue weighted by molar-refractivity contribution is 0.0953. The monoisotopic (exact) mass is 315 g/mol. The molecule has 1 aliphatic rings. The number of hydrogen-bond donors (Lipinski definition) is 2. The van der Waals surface area contributed by atoms with E-state index in [2.05, 4.69) is 15.5 Å². The molecule has 0 bridgehead atoms. The summed E-state index contributed by atoms with van der Waals surface area (Å²) in [5.74, 6) is -0.0550. The molecule has 0 saturated carbocycles. The Kier molecular flexibility index (Phi) is 4.48. The first-order valence-corrected chi connectivity index (χ1v) is 8.16. The van der Waals surface area contributed by atoms with E-state index in [4.69, 9.17) is 5.21 Å². The predicted octanol–water partition coefficient (Wildman–Crippen LogP) is 2.63. The van der Waals surface area contributed by atoms with Crippen molar-refractivity contribution in [3.05, 3.63) is 51.5 Å². The SMILES string of the molecule is O=C(NCCc1cccnc1)c1csc2c1CCC/C2=N/O. The molecule has 1 aliphatic carbocycles. The number of amides is 1. The van der Waals surface area contributed by atoms with Crippen LogP contribution in [0.5, 0.6) is 0 Å². The number of hydrogen-bond acceptors (Lipinski definition) is 5. The average molecular weight is 315 g/mol. The number of pyridine rings is 1. The third kappa shape index (κ3) is 3.01. The van der Waals surface area contributed by atoms with Gasteiger partial charge >= 0.3 is 0 Å². The summed E-state index contributed by atoms with van der Waals surface area (Å²) in [5.41, 5.74) is 3.53. The molecule has 5 nitrogen and oxygen atoms in total. The van der Waals surface area contributed by atoms with Gasteiger partial charge in [-0.2, -0.15) is 0 Å². The number of aromatic nitrogens is 1. The molecule has 2 aromatic rings. The van der Waals surface area contributed by atoms with Gasteiger partial charge in [0.25, 0.3) is 5.91 Å². The van der Waals surface area contributed by atoms with Crippen molar-refractivity contribution in [2.45, 2.75) is 25.7 Å². The van der Waals surface area contributed by atoms with E-state index in [1.807, 2.05) is 23.7 Å². The summed E-state index contributed by atoms with van der Waals surface area (Å²) in [5, 5.41) is 17.2. The van der Waals surface area contributed by atoms with Crippen LogP contribution in [-0.2, 0) is 12.8 Å². The molecular weight excluding hydrogens is 298 g/mol. The summed E-state index contributed by atoms with van der Waals surface area (Å²) < 4.78 is 0. The summed E-state index contributed by atoms with van der Waals surface area (Å²) >= 11 is 1.48. The minimum atomic E-state index is -0.0550. The van der Waals surface area contributed by atoms with Crippen LogP contribution in [-0.4, -0.2) is 28.4 Å². The minimum Gasteiger partial charge on any atom is -0.411 e. The fourth-order valence-electron chi connectivity index (χ4n) is 2.67. The van der Waals surface area contributed by atoms with Crippen LogP contribution in [0.1, 0.15) is 39.2 Å². The largest absolute Gasteiger partial charge is 0.411 e. The van der Waals surface area contributed by atoms with Crippen LogP contribution in [0.3, 0.4) is 0 Å². The topological polar surface area (TPSA) is 74.6 Å². The summed E-state index contributed by atoms with van der Waals surface area (Å²) in [6, 6.07) is 3.89. The molecule has 0 aliphatic heterocycles. The molecule has 22 heavy (non-hydrogen) atoms. The van der Waals surface area contributed by atoms with Crippen molar-refractivity contribution >= 4 is 23.0 Å². The van der Waals surface area contributed by atoms with E-state index in [0.717, 1.165) is 41.7 Å².